The van der Waals surface area contributed by atoms with Crippen molar-refractivity contribution in [1.82, 2.24) is 0 Å². The molecule has 1 amide bonds. The zero-order valence-corrected chi connectivity index (χ0v) is 13.2. The zero-order chi connectivity index (χ0) is 16.8. The second-order valence-corrected chi connectivity index (χ2v) is 5.62. The number of rotatable bonds is 7. The first-order valence-corrected chi connectivity index (χ1v) is 7.91. The van der Waals surface area contributed by atoms with Gasteiger partial charge in [0.1, 0.15) is 24.7 Å². The first-order chi connectivity index (χ1) is 11.7. The fraction of sp³-hybridized carbons (Fsp3) is 0.263. The third kappa shape index (κ3) is 4.50. The van der Waals surface area contributed by atoms with E-state index >= 15 is 0 Å². The third-order valence-electron chi connectivity index (χ3n) is 3.65. The smallest absolute Gasteiger partial charge is 0.227 e. The maximum absolute atomic E-state index is 11.8. The van der Waals surface area contributed by atoms with Gasteiger partial charge in [0.25, 0.3) is 0 Å². The molecule has 0 saturated heterocycles. The van der Waals surface area contributed by atoms with Crippen LogP contribution in [0.2, 0.25) is 0 Å². The topological polar surface area (TPSA) is 71.3 Å². The molecular weight excluding hydrogens is 304 g/mol. The second-order valence-electron chi connectivity index (χ2n) is 5.62. The molecule has 0 atom stereocenters. The summed E-state index contributed by atoms with van der Waals surface area (Å²) < 4.78 is 11.2. The van der Waals surface area contributed by atoms with E-state index < -0.39 is 0 Å². The summed E-state index contributed by atoms with van der Waals surface area (Å²) in [6.45, 7) is 0.782. The van der Waals surface area contributed by atoms with Crippen LogP contribution in [0.25, 0.3) is 0 Å². The fourth-order valence-corrected chi connectivity index (χ4v) is 2.20. The Kier molecular flexibility index (Phi) is 4.97. The van der Waals surface area contributed by atoms with Gasteiger partial charge in [0.15, 0.2) is 0 Å². The van der Waals surface area contributed by atoms with Crippen molar-refractivity contribution in [3.63, 3.8) is 0 Å². The molecule has 1 fully saturated rings. The van der Waals surface area contributed by atoms with E-state index in [1.165, 1.54) is 0 Å². The maximum atomic E-state index is 11.8. The van der Waals surface area contributed by atoms with Gasteiger partial charge in [-0.2, -0.15) is 5.26 Å². The van der Waals surface area contributed by atoms with Gasteiger partial charge in [0, 0.05) is 17.7 Å². The molecule has 0 heterocycles. The van der Waals surface area contributed by atoms with Gasteiger partial charge in [-0.3, -0.25) is 4.79 Å². The minimum atomic E-state index is 0.0799. The number of nitrogens with zero attached hydrogens (tertiary/aromatic N) is 1. The van der Waals surface area contributed by atoms with Crippen LogP contribution in [0.4, 0.5) is 5.69 Å². The first kappa shape index (κ1) is 15.9. The largest absolute Gasteiger partial charge is 0.490 e. The van der Waals surface area contributed by atoms with Crippen LogP contribution in [-0.4, -0.2) is 19.1 Å². The highest BCUT2D eigenvalue weighted by Gasteiger charge is 2.29. The van der Waals surface area contributed by atoms with Crippen LogP contribution in [0.5, 0.6) is 11.5 Å². The van der Waals surface area contributed by atoms with Crippen LogP contribution >= 0.6 is 0 Å². The zero-order valence-electron chi connectivity index (χ0n) is 13.2. The number of carbonyl (C=O) groups is 1. The van der Waals surface area contributed by atoms with Crippen molar-refractivity contribution in [3.8, 4) is 17.6 Å². The number of anilines is 1. The molecule has 0 spiro atoms. The molecule has 5 nitrogen and oxygen atoms in total. The summed E-state index contributed by atoms with van der Waals surface area (Å²) in [5, 5.41) is 11.6. The lowest BCUT2D eigenvalue weighted by atomic mass is 10.2. The molecule has 2 aromatic carbocycles. The van der Waals surface area contributed by atoms with Crippen molar-refractivity contribution >= 4 is 11.6 Å². The van der Waals surface area contributed by atoms with E-state index in [0.717, 1.165) is 18.5 Å². The molecule has 1 aliphatic rings. The summed E-state index contributed by atoms with van der Waals surface area (Å²) in [5.74, 6) is 1.64. The van der Waals surface area contributed by atoms with Gasteiger partial charge in [-0.25, -0.2) is 0 Å². The Morgan fingerprint density at radius 2 is 1.79 bits per heavy atom. The van der Waals surface area contributed by atoms with Crippen molar-refractivity contribution in [2.45, 2.75) is 12.8 Å². The monoisotopic (exact) mass is 322 g/mol. The van der Waals surface area contributed by atoms with Gasteiger partial charge in [-0.15, -0.1) is 0 Å². The van der Waals surface area contributed by atoms with Gasteiger partial charge >= 0.3 is 0 Å². The SMILES string of the molecule is N#Cc1ccc(OCCOc2cccc(NC(=O)C3CC3)c2)cc1. The van der Waals surface area contributed by atoms with E-state index in [-0.39, 0.29) is 11.8 Å². The van der Waals surface area contributed by atoms with E-state index in [0.29, 0.717) is 30.3 Å². The van der Waals surface area contributed by atoms with Crippen molar-refractivity contribution in [2.75, 3.05) is 18.5 Å². The minimum Gasteiger partial charge on any atom is -0.490 e. The number of benzene rings is 2. The predicted molar refractivity (Wildman–Crippen MR) is 89.9 cm³/mol. The van der Waals surface area contributed by atoms with Crippen molar-refractivity contribution < 1.29 is 14.3 Å². The molecule has 2 aromatic rings. The Labute approximate surface area is 140 Å². The minimum absolute atomic E-state index is 0.0799. The molecule has 0 radical (unpaired) electrons. The Morgan fingerprint density at radius 3 is 2.46 bits per heavy atom. The van der Waals surface area contributed by atoms with Gasteiger partial charge < -0.3 is 14.8 Å². The molecule has 0 bridgehead atoms. The van der Waals surface area contributed by atoms with Crippen LogP contribution < -0.4 is 14.8 Å². The number of ether oxygens (including phenoxy) is 2. The van der Waals surface area contributed by atoms with Crippen LogP contribution in [0.1, 0.15) is 18.4 Å². The highest BCUT2D eigenvalue weighted by Crippen LogP contribution is 2.30. The number of nitrogens with one attached hydrogen (secondary N) is 1. The predicted octanol–water partition coefficient (Wildman–Crippen LogP) is 3.36. The summed E-state index contributed by atoms with van der Waals surface area (Å²) in [6.07, 6.45) is 1.96. The Balaban J connectivity index is 1.44. The third-order valence-corrected chi connectivity index (χ3v) is 3.65. The van der Waals surface area contributed by atoms with Crippen LogP contribution in [0, 0.1) is 17.2 Å². The average Bonchev–Trinajstić information content (AvgIpc) is 3.45. The molecule has 3 rings (SSSR count). The van der Waals surface area contributed by atoms with Crippen molar-refractivity contribution in [2.24, 2.45) is 5.92 Å². The van der Waals surface area contributed by atoms with Gasteiger partial charge in [-0.05, 0) is 49.2 Å². The summed E-state index contributed by atoms with van der Waals surface area (Å²) in [7, 11) is 0. The van der Waals surface area contributed by atoms with Gasteiger partial charge in [0.2, 0.25) is 5.91 Å². The lowest BCUT2D eigenvalue weighted by molar-refractivity contribution is -0.117. The summed E-state index contributed by atoms with van der Waals surface area (Å²) >= 11 is 0. The Hall–Kier alpha value is -3.00. The Morgan fingerprint density at radius 1 is 1.08 bits per heavy atom. The molecule has 0 aliphatic heterocycles. The van der Waals surface area contributed by atoms with Gasteiger partial charge in [0.05, 0.1) is 11.6 Å². The highest BCUT2D eigenvalue weighted by atomic mass is 16.5. The van der Waals surface area contributed by atoms with E-state index in [4.69, 9.17) is 14.7 Å². The van der Waals surface area contributed by atoms with E-state index in [2.05, 4.69) is 11.4 Å². The molecule has 0 aromatic heterocycles. The van der Waals surface area contributed by atoms with Crippen LogP contribution in [0.15, 0.2) is 48.5 Å². The highest BCUT2D eigenvalue weighted by molar-refractivity contribution is 5.94. The van der Waals surface area contributed by atoms with E-state index in [1.807, 2.05) is 24.3 Å². The number of nitriles is 1. The molecule has 122 valence electrons. The number of carbonyl (C=O) groups excluding carboxylic acids is 1. The molecule has 1 aliphatic carbocycles. The normalized spacial score (nSPS) is 13.0. The van der Waals surface area contributed by atoms with E-state index in [1.54, 1.807) is 24.3 Å². The van der Waals surface area contributed by atoms with Crippen LogP contribution in [0.3, 0.4) is 0 Å². The lowest BCUT2D eigenvalue weighted by Gasteiger charge is -2.10. The molecule has 24 heavy (non-hydrogen) atoms. The second kappa shape index (κ2) is 7.51. The van der Waals surface area contributed by atoms with Crippen molar-refractivity contribution in [3.05, 3.63) is 54.1 Å². The first-order valence-electron chi connectivity index (χ1n) is 7.91. The fourth-order valence-electron chi connectivity index (χ4n) is 2.20. The lowest BCUT2D eigenvalue weighted by Crippen LogP contribution is -2.13. The van der Waals surface area contributed by atoms with E-state index in [9.17, 15) is 4.79 Å². The average molecular weight is 322 g/mol. The molecular formula is C19H18N2O3. The molecule has 5 heteroatoms. The molecule has 1 N–H and O–H groups in total. The summed E-state index contributed by atoms with van der Waals surface area (Å²) in [4.78, 5) is 11.8. The number of hydrogen-bond donors (Lipinski definition) is 1. The quantitative estimate of drug-likeness (QED) is 0.793. The number of hydrogen-bond acceptors (Lipinski definition) is 4. The number of amides is 1. The summed E-state index contributed by atoms with van der Waals surface area (Å²) in [6, 6.07) is 16.3. The summed E-state index contributed by atoms with van der Waals surface area (Å²) in [5.41, 5.74) is 1.35. The maximum Gasteiger partial charge on any atom is 0.227 e. The Bertz CT molecular complexity index is 746. The molecule has 0 unspecified atom stereocenters. The standard InChI is InChI=1S/C19H18N2O3/c20-13-14-4-8-17(9-5-14)23-10-11-24-18-3-1-2-16(12-18)21-19(22)15-6-7-15/h1-5,8-9,12,15H,6-7,10-11H2,(H,21,22). The molecule has 1 saturated carbocycles. The van der Waals surface area contributed by atoms with Gasteiger partial charge in [-0.1, -0.05) is 6.07 Å². The van der Waals surface area contributed by atoms with Crippen molar-refractivity contribution in [1.29, 1.82) is 5.26 Å². The van der Waals surface area contributed by atoms with Crippen LogP contribution in [-0.2, 0) is 4.79 Å².